The van der Waals surface area contributed by atoms with Gasteiger partial charge in [-0.2, -0.15) is 0 Å². The smallest absolute Gasteiger partial charge is 0.296 e. The van der Waals surface area contributed by atoms with Crippen LogP contribution in [0.2, 0.25) is 5.02 Å². The van der Waals surface area contributed by atoms with Gasteiger partial charge < -0.3 is 18.9 Å². The SMILES string of the molecule is O=C(NC(=S)N1CCc2c(OCCCCCOc3ccc(Cl)cc3)cccc21)c1ccno1. The van der Waals surface area contributed by atoms with Crippen LogP contribution in [0.3, 0.4) is 0 Å². The average Bonchev–Trinajstić information content (AvgIpc) is 3.50. The van der Waals surface area contributed by atoms with Crippen LogP contribution in [0.25, 0.3) is 0 Å². The summed E-state index contributed by atoms with van der Waals surface area (Å²) in [6, 6.07) is 14.8. The fourth-order valence-electron chi connectivity index (χ4n) is 3.59. The third-order valence-corrected chi connectivity index (χ3v) is 5.81. The molecule has 4 rings (SSSR count). The quantitative estimate of drug-likeness (QED) is 0.336. The number of hydrogen-bond acceptors (Lipinski definition) is 6. The summed E-state index contributed by atoms with van der Waals surface area (Å²) >= 11 is 11.3. The van der Waals surface area contributed by atoms with Crippen LogP contribution in [0.1, 0.15) is 35.4 Å². The molecule has 0 atom stereocenters. The summed E-state index contributed by atoms with van der Waals surface area (Å²) in [6.07, 6.45) is 5.10. The second kappa shape index (κ2) is 11.2. The van der Waals surface area contributed by atoms with Gasteiger partial charge in [0.25, 0.3) is 5.91 Å². The molecule has 2 heterocycles. The van der Waals surface area contributed by atoms with Crippen LogP contribution in [-0.2, 0) is 6.42 Å². The number of ether oxygens (including phenoxy) is 2. The standard InChI is InChI=1S/C24H24ClN3O4S/c25-17-7-9-18(10-8-17)30-15-2-1-3-16-31-21-6-4-5-20-19(21)12-14-28(20)24(33)27-23(29)22-11-13-26-32-22/h4-11,13H,1-3,12,14-16H2,(H,27,29,33). The summed E-state index contributed by atoms with van der Waals surface area (Å²) in [5, 5.41) is 7.27. The van der Waals surface area contributed by atoms with E-state index in [-0.39, 0.29) is 5.76 Å². The van der Waals surface area contributed by atoms with Crippen molar-refractivity contribution in [3.63, 3.8) is 0 Å². The van der Waals surface area contributed by atoms with Crippen LogP contribution in [0.4, 0.5) is 5.69 Å². The topological polar surface area (TPSA) is 76.8 Å². The highest BCUT2D eigenvalue weighted by molar-refractivity contribution is 7.80. The van der Waals surface area contributed by atoms with E-state index in [0.717, 1.165) is 48.4 Å². The highest BCUT2D eigenvalue weighted by atomic mass is 35.5. The highest BCUT2D eigenvalue weighted by Gasteiger charge is 2.26. The fraction of sp³-hybridized carbons (Fsp3) is 0.292. The zero-order chi connectivity index (χ0) is 23.0. The third-order valence-electron chi connectivity index (χ3n) is 5.24. The summed E-state index contributed by atoms with van der Waals surface area (Å²) in [5.41, 5.74) is 2.05. The summed E-state index contributed by atoms with van der Waals surface area (Å²) in [6.45, 7) is 1.96. The maximum atomic E-state index is 12.2. The number of rotatable bonds is 9. The first-order valence-corrected chi connectivity index (χ1v) is 11.6. The monoisotopic (exact) mass is 485 g/mol. The number of hydrogen-bond donors (Lipinski definition) is 1. The van der Waals surface area contributed by atoms with Crippen molar-refractivity contribution in [2.24, 2.45) is 0 Å². The van der Waals surface area contributed by atoms with Crippen molar-refractivity contribution in [1.82, 2.24) is 10.5 Å². The van der Waals surface area contributed by atoms with Gasteiger partial charge in [0.15, 0.2) is 5.11 Å². The van der Waals surface area contributed by atoms with E-state index in [4.69, 9.17) is 37.8 Å². The lowest BCUT2D eigenvalue weighted by atomic mass is 10.1. The molecule has 0 bridgehead atoms. The number of carbonyl (C=O) groups excluding carboxylic acids is 1. The molecule has 0 unspecified atom stereocenters. The minimum absolute atomic E-state index is 0.118. The Bertz CT molecular complexity index is 1090. The lowest BCUT2D eigenvalue weighted by molar-refractivity contribution is 0.0941. The molecule has 0 radical (unpaired) electrons. The molecular formula is C24H24ClN3O4S. The first-order valence-electron chi connectivity index (χ1n) is 10.8. The minimum Gasteiger partial charge on any atom is -0.494 e. The van der Waals surface area contributed by atoms with Gasteiger partial charge in [0.05, 0.1) is 25.1 Å². The molecule has 7 nitrogen and oxygen atoms in total. The number of nitrogens with one attached hydrogen (secondary N) is 1. The number of carbonyl (C=O) groups is 1. The Kier molecular flexibility index (Phi) is 7.80. The molecule has 1 aliphatic rings. The van der Waals surface area contributed by atoms with Crippen LogP contribution in [0, 0.1) is 0 Å². The Balaban J connectivity index is 1.21. The van der Waals surface area contributed by atoms with Gasteiger partial charge in [-0.15, -0.1) is 0 Å². The van der Waals surface area contributed by atoms with Crippen molar-refractivity contribution in [3.05, 3.63) is 71.1 Å². The maximum Gasteiger partial charge on any atom is 0.296 e. The molecule has 1 N–H and O–H groups in total. The van der Waals surface area contributed by atoms with E-state index in [1.165, 1.54) is 12.3 Å². The van der Waals surface area contributed by atoms with E-state index >= 15 is 0 Å². The molecule has 9 heteroatoms. The molecule has 1 aliphatic heterocycles. The third kappa shape index (κ3) is 6.03. The van der Waals surface area contributed by atoms with Crippen LogP contribution in [-0.4, -0.2) is 35.9 Å². The van der Waals surface area contributed by atoms with Gasteiger partial charge in [-0.1, -0.05) is 22.8 Å². The summed E-state index contributed by atoms with van der Waals surface area (Å²) < 4.78 is 16.7. The molecule has 0 saturated heterocycles. The molecule has 1 amide bonds. The second-order valence-electron chi connectivity index (χ2n) is 7.50. The summed E-state index contributed by atoms with van der Waals surface area (Å²) in [4.78, 5) is 14.1. The van der Waals surface area contributed by atoms with Gasteiger partial charge in [-0.25, -0.2) is 0 Å². The zero-order valence-electron chi connectivity index (χ0n) is 18.0. The molecule has 3 aromatic rings. The number of aromatic nitrogens is 1. The fourth-order valence-corrected chi connectivity index (χ4v) is 4.00. The van der Waals surface area contributed by atoms with E-state index in [9.17, 15) is 4.79 Å². The molecule has 1 aromatic heterocycles. The van der Waals surface area contributed by atoms with E-state index < -0.39 is 5.91 Å². The number of halogens is 1. The van der Waals surface area contributed by atoms with Gasteiger partial charge >= 0.3 is 0 Å². The molecule has 33 heavy (non-hydrogen) atoms. The van der Waals surface area contributed by atoms with Gasteiger partial charge in [0, 0.05) is 23.2 Å². The van der Waals surface area contributed by atoms with Gasteiger partial charge in [-0.3, -0.25) is 10.1 Å². The van der Waals surface area contributed by atoms with Crippen molar-refractivity contribution < 1.29 is 18.8 Å². The number of unbranched alkanes of at least 4 members (excludes halogenated alkanes) is 2. The van der Waals surface area contributed by atoms with Gasteiger partial charge in [0.1, 0.15) is 11.5 Å². The second-order valence-corrected chi connectivity index (χ2v) is 8.33. The van der Waals surface area contributed by atoms with E-state index in [1.807, 2.05) is 47.4 Å². The Labute approximate surface area is 202 Å². The molecule has 0 spiro atoms. The van der Waals surface area contributed by atoms with Gasteiger partial charge in [-0.05, 0) is 74.3 Å². The lowest BCUT2D eigenvalue weighted by Crippen LogP contribution is -2.41. The normalized spacial score (nSPS) is 12.3. The molecule has 0 saturated carbocycles. The number of thiocarbonyl (C=S) groups is 1. The summed E-state index contributed by atoms with van der Waals surface area (Å²) in [5.74, 6) is 1.39. The Hall–Kier alpha value is -3.10. The first kappa shape index (κ1) is 23.1. The predicted octanol–water partition coefficient (Wildman–Crippen LogP) is 5.03. The maximum absolute atomic E-state index is 12.2. The number of benzene rings is 2. The van der Waals surface area contributed by atoms with Crippen molar-refractivity contribution in [3.8, 4) is 11.5 Å². The van der Waals surface area contributed by atoms with E-state index in [0.29, 0.717) is 29.9 Å². The molecule has 0 aliphatic carbocycles. The number of fused-ring (bicyclic) bond motifs is 1. The predicted molar refractivity (Wildman–Crippen MR) is 130 cm³/mol. The van der Waals surface area contributed by atoms with Crippen LogP contribution in [0.15, 0.2) is 59.3 Å². The van der Waals surface area contributed by atoms with Gasteiger partial charge in [0.2, 0.25) is 5.76 Å². The van der Waals surface area contributed by atoms with Crippen molar-refractivity contribution in [2.75, 3.05) is 24.7 Å². The zero-order valence-corrected chi connectivity index (χ0v) is 19.5. The van der Waals surface area contributed by atoms with Crippen molar-refractivity contribution >= 4 is 40.5 Å². The molecule has 2 aromatic carbocycles. The van der Waals surface area contributed by atoms with Crippen LogP contribution in [0.5, 0.6) is 11.5 Å². The van der Waals surface area contributed by atoms with Crippen LogP contribution < -0.4 is 19.7 Å². The Morgan fingerprint density at radius 1 is 1.09 bits per heavy atom. The first-order chi connectivity index (χ1) is 16.1. The van der Waals surface area contributed by atoms with Crippen molar-refractivity contribution in [2.45, 2.75) is 25.7 Å². The number of amides is 1. The number of nitrogens with zero attached hydrogens (tertiary/aromatic N) is 2. The molecular weight excluding hydrogens is 462 g/mol. The highest BCUT2D eigenvalue weighted by Crippen LogP contribution is 2.35. The Morgan fingerprint density at radius 2 is 1.88 bits per heavy atom. The van der Waals surface area contributed by atoms with E-state index in [1.54, 1.807) is 0 Å². The van der Waals surface area contributed by atoms with Crippen molar-refractivity contribution in [1.29, 1.82) is 0 Å². The number of anilines is 1. The minimum atomic E-state index is -0.418. The lowest BCUT2D eigenvalue weighted by Gasteiger charge is -2.20. The van der Waals surface area contributed by atoms with E-state index in [2.05, 4.69) is 10.5 Å². The Morgan fingerprint density at radius 3 is 2.64 bits per heavy atom. The summed E-state index contributed by atoms with van der Waals surface area (Å²) in [7, 11) is 0. The molecule has 172 valence electrons. The van der Waals surface area contributed by atoms with Crippen LogP contribution >= 0.6 is 23.8 Å². The largest absolute Gasteiger partial charge is 0.494 e. The average molecular weight is 486 g/mol. The molecule has 0 fully saturated rings.